The van der Waals surface area contributed by atoms with E-state index < -0.39 is 5.41 Å². The van der Waals surface area contributed by atoms with Crippen molar-refractivity contribution in [3.63, 3.8) is 0 Å². The molecule has 18 heavy (non-hydrogen) atoms. The maximum Gasteiger partial charge on any atom is 0.203 e. The van der Waals surface area contributed by atoms with Crippen molar-refractivity contribution in [2.75, 3.05) is 7.11 Å². The summed E-state index contributed by atoms with van der Waals surface area (Å²) in [7, 11) is 1.61. The van der Waals surface area contributed by atoms with Crippen LogP contribution in [-0.2, 0) is 0 Å². The molecule has 0 aliphatic carbocycles. The first-order valence-corrected chi connectivity index (χ1v) is 5.96. The summed E-state index contributed by atoms with van der Waals surface area (Å²) in [6.45, 7) is 7.59. The van der Waals surface area contributed by atoms with Crippen LogP contribution in [0.3, 0.4) is 0 Å². The van der Waals surface area contributed by atoms with Crippen LogP contribution in [0.1, 0.15) is 36.9 Å². The Kier molecular flexibility index (Phi) is 2.93. The Morgan fingerprint density at radius 1 is 1.28 bits per heavy atom. The minimum absolute atomic E-state index is 0.0233. The third-order valence-electron chi connectivity index (χ3n) is 3.03. The van der Waals surface area contributed by atoms with Crippen molar-refractivity contribution in [2.24, 2.45) is 5.41 Å². The van der Waals surface area contributed by atoms with Gasteiger partial charge in [-0.05, 0) is 19.1 Å². The molecule has 0 N–H and O–H groups in total. The fraction of sp³-hybridized carbons (Fsp3) is 0.400. The van der Waals surface area contributed by atoms with Crippen molar-refractivity contribution >= 4 is 16.8 Å². The lowest BCUT2D eigenvalue weighted by Crippen LogP contribution is -2.20. The molecule has 0 fully saturated rings. The van der Waals surface area contributed by atoms with Gasteiger partial charge in [0.1, 0.15) is 11.3 Å². The molecule has 0 radical (unpaired) electrons. The third kappa shape index (κ3) is 2.01. The Balaban J connectivity index is 2.60. The second-order valence-corrected chi connectivity index (χ2v) is 5.50. The number of carbonyl (C=O) groups is 1. The summed E-state index contributed by atoms with van der Waals surface area (Å²) in [5.74, 6) is 1.20. The molecule has 2 aromatic rings. The Labute approximate surface area is 107 Å². The second kappa shape index (κ2) is 4.16. The summed E-state index contributed by atoms with van der Waals surface area (Å²) >= 11 is 0. The van der Waals surface area contributed by atoms with E-state index in [0.29, 0.717) is 11.3 Å². The van der Waals surface area contributed by atoms with Crippen LogP contribution in [0.25, 0.3) is 11.0 Å². The van der Waals surface area contributed by atoms with Gasteiger partial charge < -0.3 is 9.15 Å². The molecule has 1 aromatic heterocycles. The zero-order valence-corrected chi connectivity index (χ0v) is 11.5. The van der Waals surface area contributed by atoms with Gasteiger partial charge in [0.25, 0.3) is 0 Å². The Bertz CT molecular complexity index is 600. The molecule has 0 bridgehead atoms. The number of rotatable bonds is 2. The maximum absolute atomic E-state index is 12.3. The van der Waals surface area contributed by atoms with Crippen LogP contribution in [0.15, 0.2) is 22.6 Å². The fourth-order valence-corrected chi connectivity index (χ4v) is 1.89. The summed E-state index contributed by atoms with van der Waals surface area (Å²) < 4.78 is 10.9. The molecule has 1 heterocycles. The molecule has 3 nitrogen and oxygen atoms in total. The molecule has 2 rings (SSSR count). The zero-order valence-electron chi connectivity index (χ0n) is 11.5. The van der Waals surface area contributed by atoms with Crippen LogP contribution in [0, 0.1) is 12.3 Å². The number of ketones is 1. The molecule has 0 saturated carbocycles. The molecule has 0 aliphatic heterocycles. The van der Waals surface area contributed by atoms with Crippen molar-refractivity contribution < 1.29 is 13.9 Å². The van der Waals surface area contributed by atoms with Crippen LogP contribution in [-0.4, -0.2) is 12.9 Å². The monoisotopic (exact) mass is 246 g/mol. The highest BCUT2D eigenvalue weighted by molar-refractivity contribution is 6.03. The van der Waals surface area contributed by atoms with E-state index in [1.807, 2.05) is 45.9 Å². The van der Waals surface area contributed by atoms with Gasteiger partial charge in [0.2, 0.25) is 5.78 Å². The average molecular weight is 246 g/mol. The first kappa shape index (κ1) is 12.7. The number of Topliss-reactive ketones (excluding diaryl/α,β-unsaturated/α-hetero) is 1. The van der Waals surface area contributed by atoms with E-state index in [1.54, 1.807) is 7.11 Å². The molecule has 3 heteroatoms. The Morgan fingerprint density at radius 3 is 2.50 bits per heavy atom. The van der Waals surface area contributed by atoms with Crippen molar-refractivity contribution in [1.82, 2.24) is 0 Å². The summed E-state index contributed by atoms with van der Waals surface area (Å²) in [6, 6.07) is 5.60. The van der Waals surface area contributed by atoms with E-state index in [0.717, 1.165) is 16.7 Å². The van der Waals surface area contributed by atoms with Gasteiger partial charge in [0.05, 0.1) is 7.11 Å². The Hall–Kier alpha value is -1.77. The smallest absolute Gasteiger partial charge is 0.203 e. The topological polar surface area (TPSA) is 39.4 Å². The number of benzene rings is 1. The van der Waals surface area contributed by atoms with Gasteiger partial charge in [-0.3, -0.25) is 4.79 Å². The van der Waals surface area contributed by atoms with E-state index >= 15 is 0 Å². The number of furan rings is 1. The predicted octanol–water partition coefficient (Wildman–Crippen LogP) is 3.98. The van der Waals surface area contributed by atoms with Crippen molar-refractivity contribution in [2.45, 2.75) is 27.7 Å². The minimum atomic E-state index is -0.442. The van der Waals surface area contributed by atoms with Gasteiger partial charge in [-0.2, -0.15) is 0 Å². The first-order valence-electron chi connectivity index (χ1n) is 5.96. The van der Waals surface area contributed by atoms with Gasteiger partial charge in [-0.1, -0.05) is 20.8 Å². The average Bonchev–Trinajstić information content (AvgIpc) is 2.64. The minimum Gasteiger partial charge on any atom is -0.497 e. The van der Waals surface area contributed by atoms with Crippen LogP contribution in [0.4, 0.5) is 0 Å². The number of ether oxygens (including phenoxy) is 1. The van der Waals surface area contributed by atoms with Crippen LogP contribution >= 0.6 is 0 Å². The third-order valence-corrected chi connectivity index (χ3v) is 3.03. The number of hydrogen-bond donors (Lipinski definition) is 0. The van der Waals surface area contributed by atoms with Gasteiger partial charge in [0.15, 0.2) is 5.76 Å². The van der Waals surface area contributed by atoms with Crippen LogP contribution < -0.4 is 4.74 Å². The van der Waals surface area contributed by atoms with Gasteiger partial charge in [-0.25, -0.2) is 0 Å². The van der Waals surface area contributed by atoms with Gasteiger partial charge >= 0.3 is 0 Å². The van der Waals surface area contributed by atoms with Crippen LogP contribution in [0.5, 0.6) is 5.75 Å². The molecule has 0 atom stereocenters. The highest BCUT2D eigenvalue weighted by Gasteiger charge is 2.28. The van der Waals surface area contributed by atoms with E-state index in [1.165, 1.54) is 0 Å². The fourth-order valence-electron chi connectivity index (χ4n) is 1.89. The number of hydrogen-bond acceptors (Lipinski definition) is 3. The number of aryl methyl sites for hydroxylation is 1. The summed E-state index contributed by atoms with van der Waals surface area (Å²) in [6.07, 6.45) is 0. The van der Waals surface area contributed by atoms with Crippen LogP contribution in [0.2, 0.25) is 0 Å². The molecule has 0 amide bonds. The molecule has 0 aliphatic rings. The molecule has 0 saturated heterocycles. The summed E-state index contributed by atoms with van der Waals surface area (Å²) in [5, 5.41) is 0.961. The number of fused-ring (bicyclic) bond motifs is 1. The van der Waals surface area contributed by atoms with E-state index in [-0.39, 0.29) is 5.78 Å². The predicted molar refractivity (Wildman–Crippen MR) is 71.3 cm³/mol. The molecule has 0 spiro atoms. The van der Waals surface area contributed by atoms with Crippen molar-refractivity contribution in [3.8, 4) is 5.75 Å². The van der Waals surface area contributed by atoms with Crippen molar-refractivity contribution in [3.05, 3.63) is 29.5 Å². The molecule has 0 unspecified atom stereocenters. The normalized spacial score (nSPS) is 11.8. The lowest BCUT2D eigenvalue weighted by molar-refractivity contribution is 0.0830. The highest BCUT2D eigenvalue weighted by Crippen LogP contribution is 2.32. The summed E-state index contributed by atoms with van der Waals surface area (Å²) in [4.78, 5) is 12.3. The molecule has 96 valence electrons. The maximum atomic E-state index is 12.3. The largest absolute Gasteiger partial charge is 0.497 e. The lowest BCUT2D eigenvalue weighted by Gasteiger charge is -2.14. The SMILES string of the molecule is COc1ccc2c(C)c(C(=O)C(C)(C)C)oc2c1. The second-order valence-electron chi connectivity index (χ2n) is 5.50. The lowest BCUT2D eigenvalue weighted by atomic mass is 9.88. The van der Waals surface area contributed by atoms with Crippen molar-refractivity contribution in [1.29, 1.82) is 0 Å². The quantitative estimate of drug-likeness (QED) is 0.752. The Morgan fingerprint density at radius 2 is 1.94 bits per heavy atom. The summed E-state index contributed by atoms with van der Waals surface area (Å²) in [5.41, 5.74) is 1.15. The van der Waals surface area contributed by atoms with E-state index in [9.17, 15) is 4.79 Å². The molecular formula is C15H18O3. The zero-order chi connectivity index (χ0) is 13.5. The first-order chi connectivity index (χ1) is 8.34. The number of methoxy groups -OCH3 is 1. The van der Waals surface area contributed by atoms with Gasteiger partial charge in [0, 0.05) is 22.4 Å². The highest BCUT2D eigenvalue weighted by atomic mass is 16.5. The standard InChI is InChI=1S/C15H18O3/c1-9-11-7-6-10(17-5)8-12(11)18-13(9)14(16)15(2,3)4/h6-8H,1-5H3. The van der Waals surface area contributed by atoms with E-state index in [4.69, 9.17) is 9.15 Å². The van der Waals surface area contributed by atoms with Gasteiger partial charge in [-0.15, -0.1) is 0 Å². The molecule has 1 aromatic carbocycles. The molecular weight excluding hydrogens is 228 g/mol. The number of carbonyl (C=O) groups excluding carboxylic acids is 1. The van der Waals surface area contributed by atoms with E-state index in [2.05, 4.69) is 0 Å².